The minimum absolute atomic E-state index is 0.342. The molecule has 0 fully saturated rings. The molecule has 1 amide bonds. The molecule has 1 atom stereocenters. The lowest BCUT2D eigenvalue weighted by atomic mass is 10.3. The van der Waals surface area contributed by atoms with Crippen molar-refractivity contribution in [2.45, 2.75) is 24.3 Å². The number of ether oxygens (including phenoxy) is 1. The van der Waals surface area contributed by atoms with Gasteiger partial charge in [-0.05, 0) is 25.1 Å². The van der Waals surface area contributed by atoms with Crippen LogP contribution in [0, 0.1) is 11.6 Å². The molecular formula is C12H14F2N2O5S. The van der Waals surface area contributed by atoms with Gasteiger partial charge in [0, 0.05) is 6.54 Å². The van der Waals surface area contributed by atoms with Gasteiger partial charge >= 0.3 is 5.97 Å². The van der Waals surface area contributed by atoms with Crippen LogP contribution >= 0.6 is 0 Å². The molecule has 1 rings (SSSR count). The van der Waals surface area contributed by atoms with Gasteiger partial charge in [0.1, 0.15) is 0 Å². The van der Waals surface area contributed by atoms with Crippen molar-refractivity contribution < 1.29 is 31.5 Å². The smallest absolute Gasteiger partial charge is 0.307 e. The van der Waals surface area contributed by atoms with Crippen molar-refractivity contribution in [1.82, 2.24) is 4.72 Å². The fraction of sp³-hybridized carbons (Fsp3) is 0.333. The molecule has 0 aromatic heterocycles. The minimum atomic E-state index is -4.10. The molecule has 22 heavy (non-hydrogen) atoms. The number of hydrogen-bond acceptors (Lipinski definition) is 5. The van der Waals surface area contributed by atoms with Crippen LogP contribution in [-0.2, 0) is 24.3 Å². The molecule has 3 N–H and O–H groups in total. The number of primary amides is 1. The van der Waals surface area contributed by atoms with Crippen LogP contribution in [0.2, 0.25) is 0 Å². The molecule has 0 heterocycles. The lowest BCUT2D eigenvalue weighted by molar-refractivity contribution is -0.153. The Labute approximate surface area is 125 Å². The van der Waals surface area contributed by atoms with E-state index in [1.165, 1.54) is 6.92 Å². The summed E-state index contributed by atoms with van der Waals surface area (Å²) in [4.78, 5) is 21.5. The number of nitrogens with two attached hydrogens (primary N) is 1. The summed E-state index contributed by atoms with van der Waals surface area (Å²) in [7, 11) is -4.10. The summed E-state index contributed by atoms with van der Waals surface area (Å²) >= 11 is 0. The van der Waals surface area contributed by atoms with Crippen molar-refractivity contribution in [3.8, 4) is 0 Å². The maximum Gasteiger partial charge on any atom is 0.307 e. The molecule has 7 nitrogen and oxygen atoms in total. The van der Waals surface area contributed by atoms with E-state index < -0.39 is 44.5 Å². The van der Waals surface area contributed by atoms with E-state index in [0.29, 0.717) is 12.1 Å². The number of sulfonamides is 1. The highest BCUT2D eigenvalue weighted by Crippen LogP contribution is 2.13. The van der Waals surface area contributed by atoms with Gasteiger partial charge in [0.15, 0.2) is 17.7 Å². The second-order valence-electron chi connectivity index (χ2n) is 4.26. The molecule has 1 aromatic carbocycles. The number of carbonyl (C=O) groups excluding carboxylic acids is 2. The number of benzene rings is 1. The van der Waals surface area contributed by atoms with Crippen LogP contribution in [0.3, 0.4) is 0 Å². The van der Waals surface area contributed by atoms with E-state index in [-0.39, 0.29) is 13.0 Å². The Bertz CT molecular complexity index is 678. The summed E-state index contributed by atoms with van der Waals surface area (Å²) in [6.07, 6.45) is -1.49. The van der Waals surface area contributed by atoms with Gasteiger partial charge in [-0.15, -0.1) is 0 Å². The van der Waals surface area contributed by atoms with Crippen molar-refractivity contribution in [3.63, 3.8) is 0 Å². The lowest BCUT2D eigenvalue weighted by Crippen LogP contribution is -2.32. The molecule has 0 bridgehead atoms. The predicted molar refractivity (Wildman–Crippen MR) is 70.9 cm³/mol. The SMILES string of the molecule is C[C@@H](OC(=O)CCNS(=O)(=O)c1ccc(F)c(F)c1)C(N)=O. The zero-order valence-corrected chi connectivity index (χ0v) is 12.3. The summed E-state index contributed by atoms with van der Waals surface area (Å²) in [5.74, 6) is -4.16. The van der Waals surface area contributed by atoms with Crippen molar-refractivity contribution in [1.29, 1.82) is 0 Å². The monoisotopic (exact) mass is 336 g/mol. The van der Waals surface area contributed by atoms with Crippen LogP contribution < -0.4 is 10.5 Å². The summed E-state index contributed by atoms with van der Waals surface area (Å²) in [6, 6.07) is 2.08. The number of halogens is 2. The molecule has 0 radical (unpaired) electrons. The highest BCUT2D eigenvalue weighted by Gasteiger charge is 2.18. The van der Waals surface area contributed by atoms with Crippen LogP contribution in [0.25, 0.3) is 0 Å². The van der Waals surface area contributed by atoms with Crippen LogP contribution in [0.15, 0.2) is 23.1 Å². The summed E-state index contributed by atoms with van der Waals surface area (Å²) in [5.41, 5.74) is 4.89. The summed E-state index contributed by atoms with van der Waals surface area (Å²) < 4.78 is 55.9. The van der Waals surface area contributed by atoms with E-state index in [1.54, 1.807) is 0 Å². The molecular weight excluding hydrogens is 322 g/mol. The maximum atomic E-state index is 13.0. The third-order valence-corrected chi connectivity index (χ3v) is 3.99. The average Bonchev–Trinajstić information content (AvgIpc) is 2.41. The molecule has 0 aliphatic rings. The van der Waals surface area contributed by atoms with Crippen LogP contribution in [0.4, 0.5) is 8.78 Å². The van der Waals surface area contributed by atoms with E-state index >= 15 is 0 Å². The second-order valence-corrected chi connectivity index (χ2v) is 6.03. The van der Waals surface area contributed by atoms with Crippen molar-refractivity contribution in [2.24, 2.45) is 5.73 Å². The van der Waals surface area contributed by atoms with Crippen LogP contribution in [-0.4, -0.2) is 32.9 Å². The first-order valence-corrected chi connectivity index (χ1v) is 7.55. The van der Waals surface area contributed by atoms with Gasteiger partial charge in [-0.2, -0.15) is 0 Å². The van der Waals surface area contributed by atoms with Gasteiger partial charge in [0.25, 0.3) is 5.91 Å². The van der Waals surface area contributed by atoms with Gasteiger partial charge in [-0.1, -0.05) is 0 Å². The van der Waals surface area contributed by atoms with E-state index in [0.717, 1.165) is 6.07 Å². The molecule has 0 saturated carbocycles. The Morgan fingerprint density at radius 2 is 1.95 bits per heavy atom. The van der Waals surface area contributed by atoms with Crippen LogP contribution in [0.5, 0.6) is 0 Å². The molecule has 0 unspecified atom stereocenters. The van der Waals surface area contributed by atoms with E-state index in [1.807, 2.05) is 4.72 Å². The molecule has 0 spiro atoms. The lowest BCUT2D eigenvalue weighted by Gasteiger charge is -2.10. The Hall–Kier alpha value is -2.07. The Kier molecular flexibility index (Phi) is 5.94. The van der Waals surface area contributed by atoms with Crippen molar-refractivity contribution in [2.75, 3.05) is 6.54 Å². The van der Waals surface area contributed by atoms with Gasteiger partial charge in [0.2, 0.25) is 10.0 Å². The first-order valence-electron chi connectivity index (χ1n) is 6.07. The first kappa shape index (κ1) is 18.0. The van der Waals surface area contributed by atoms with Crippen molar-refractivity contribution >= 4 is 21.9 Å². The maximum absolute atomic E-state index is 13.0. The van der Waals surface area contributed by atoms with E-state index in [4.69, 9.17) is 5.73 Å². The molecule has 0 aliphatic carbocycles. The molecule has 1 aromatic rings. The Morgan fingerprint density at radius 1 is 1.32 bits per heavy atom. The number of carbonyl (C=O) groups is 2. The fourth-order valence-corrected chi connectivity index (χ4v) is 2.37. The normalized spacial score (nSPS) is 12.7. The zero-order chi connectivity index (χ0) is 16.9. The standard InChI is InChI=1S/C12H14F2N2O5S/c1-7(12(15)18)21-11(17)4-5-16-22(19,20)8-2-3-9(13)10(14)6-8/h2-3,6-7,16H,4-5H2,1H3,(H2,15,18)/t7-/m1/s1. The fourth-order valence-electron chi connectivity index (χ4n) is 1.33. The number of amides is 1. The molecule has 0 aliphatic heterocycles. The Morgan fingerprint density at radius 3 is 2.50 bits per heavy atom. The summed E-state index contributed by atoms with van der Waals surface area (Å²) in [6.45, 7) is 0.928. The second kappa shape index (κ2) is 7.27. The number of rotatable bonds is 7. The largest absolute Gasteiger partial charge is 0.453 e. The van der Waals surface area contributed by atoms with E-state index in [2.05, 4.69) is 4.74 Å². The topological polar surface area (TPSA) is 116 Å². The molecule has 10 heteroatoms. The van der Waals surface area contributed by atoms with Crippen LogP contribution in [0.1, 0.15) is 13.3 Å². The number of nitrogens with one attached hydrogen (secondary N) is 1. The predicted octanol–water partition coefficient (Wildman–Crippen LogP) is 0.0502. The summed E-state index contributed by atoms with van der Waals surface area (Å²) in [5, 5.41) is 0. The van der Waals surface area contributed by atoms with Gasteiger partial charge < -0.3 is 10.5 Å². The third-order valence-electron chi connectivity index (χ3n) is 2.53. The zero-order valence-electron chi connectivity index (χ0n) is 11.5. The first-order chi connectivity index (χ1) is 10.1. The van der Waals surface area contributed by atoms with Gasteiger partial charge in [-0.3, -0.25) is 9.59 Å². The number of esters is 1. The minimum Gasteiger partial charge on any atom is -0.453 e. The quantitative estimate of drug-likeness (QED) is 0.683. The van der Waals surface area contributed by atoms with Gasteiger partial charge in [0.05, 0.1) is 11.3 Å². The molecule has 0 saturated heterocycles. The van der Waals surface area contributed by atoms with Crippen molar-refractivity contribution in [3.05, 3.63) is 29.8 Å². The Balaban J connectivity index is 2.58. The average molecular weight is 336 g/mol. The number of hydrogen-bond donors (Lipinski definition) is 2. The highest BCUT2D eigenvalue weighted by atomic mass is 32.2. The highest BCUT2D eigenvalue weighted by molar-refractivity contribution is 7.89. The molecule has 122 valence electrons. The van der Waals surface area contributed by atoms with Gasteiger partial charge in [-0.25, -0.2) is 21.9 Å². The van der Waals surface area contributed by atoms with E-state index in [9.17, 15) is 26.8 Å². The third kappa shape index (κ3) is 5.04.